The number of halogens is 1. The molecule has 0 bridgehead atoms. The number of hydrogen-bond acceptors (Lipinski definition) is 4. The van der Waals surface area contributed by atoms with Crippen molar-refractivity contribution in [3.63, 3.8) is 0 Å². The molecule has 0 atom stereocenters. The topological polar surface area (TPSA) is 69.0 Å². The number of nitrogens with zero attached hydrogens (tertiary/aromatic N) is 3. The van der Waals surface area contributed by atoms with Crippen LogP contribution in [-0.2, 0) is 11.2 Å². The summed E-state index contributed by atoms with van der Waals surface area (Å²) in [5.74, 6) is 0.482. The molecule has 2 rings (SSSR count). The molecular formula is C14H17ClN4O2. The summed E-state index contributed by atoms with van der Waals surface area (Å²) in [7, 11) is 1.58. The van der Waals surface area contributed by atoms with Gasteiger partial charge in [0, 0.05) is 20.1 Å². The molecule has 1 aromatic heterocycles. The predicted molar refractivity (Wildman–Crippen MR) is 80.0 cm³/mol. The molecule has 1 N–H and O–H groups in total. The van der Waals surface area contributed by atoms with Crippen molar-refractivity contribution in [2.75, 3.05) is 20.3 Å². The van der Waals surface area contributed by atoms with E-state index in [4.69, 9.17) is 16.3 Å². The Morgan fingerprint density at radius 3 is 2.86 bits per heavy atom. The van der Waals surface area contributed by atoms with Crippen molar-refractivity contribution < 1.29 is 9.53 Å². The molecule has 7 heteroatoms. The van der Waals surface area contributed by atoms with Crippen LogP contribution < -0.4 is 5.32 Å². The monoisotopic (exact) mass is 308 g/mol. The average Bonchev–Trinajstić information content (AvgIpc) is 2.92. The maximum atomic E-state index is 12.0. The fourth-order valence-corrected chi connectivity index (χ4v) is 2.05. The average molecular weight is 309 g/mol. The normalized spacial score (nSPS) is 10.6. The Bertz CT molecular complexity index is 627. The molecule has 0 aliphatic heterocycles. The van der Waals surface area contributed by atoms with Gasteiger partial charge in [0.25, 0.3) is 5.91 Å². The molecule has 0 spiro atoms. The molecule has 2 aromatic rings. The van der Waals surface area contributed by atoms with E-state index in [1.165, 1.54) is 0 Å². The Morgan fingerprint density at radius 2 is 2.19 bits per heavy atom. The molecular weight excluding hydrogens is 292 g/mol. The fraction of sp³-hybridized carbons (Fsp3) is 0.357. The highest BCUT2D eigenvalue weighted by Crippen LogP contribution is 2.20. The number of carbonyl (C=O) groups excluding carboxylic acids is 1. The van der Waals surface area contributed by atoms with Crippen molar-refractivity contribution >= 4 is 17.5 Å². The largest absolute Gasteiger partial charge is 0.383 e. The molecule has 21 heavy (non-hydrogen) atoms. The number of methoxy groups -OCH3 is 1. The van der Waals surface area contributed by atoms with Crippen LogP contribution in [0.15, 0.2) is 24.3 Å². The first-order valence-corrected chi connectivity index (χ1v) is 7.03. The first-order valence-electron chi connectivity index (χ1n) is 6.65. The van der Waals surface area contributed by atoms with Gasteiger partial charge >= 0.3 is 0 Å². The van der Waals surface area contributed by atoms with Crippen molar-refractivity contribution in [1.29, 1.82) is 0 Å². The number of amides is 1. The van der Waals surface area contributed by atoms with E-state index in [9.17, 15) is 4.79 Å². The minimum absolute atomic E-state index is 0.128. The van der Waals surface area contributed by atoms with Crippen molar-refractivity contribution in [1.82, 2.24) is 20.1 Å². The van der Waals surface area contributed by atoms with Crippen LogP contribution in [0.1, 0.15) is 23.4 Å². The van der Waals surface area contributed by atoms with Gasteiger partial charge in [0.05, 0.1) is 17.3 Å². The van der Waals surface area contributed by atoms with Gasteiger partial charge in [-0.2, -0.15) is 0 Å². The number of aryl methyl sites for hydroxylation is 1. The van der Waals surface area contributed by atoms with Crippen LogP contribution in [0.3, 0.4) is 0 Å². The van der Waals surface area contributed by atoms with E-state index in [0.29, 0.717) is 36.1 Å². The van der Waals surface area contributed by atoms with Crippen molar-refractivity contribution in [3.05, 3.63) is 40.9 Å². The quantitative estimate of drug-likeness (QED) is 0.827. The zero-order chi connectivity index (χ0) is 15.2. The molecule has 0 aliphatic rings. The lowest BCUT2D eigenvalue weighted by atomic mass is 10.3. The third-order valence-electron chi connectivity index (χ3n) is 2.87. The predicted octanol–water partition coefficient (Wildman–Crippen LogP) is 1.86. The van der Waals surface area contributed by atoms with Crippen molar-refractivity contribution in [2.45, 2.75) is 13.3 Å². The highest BCUT2D eigenvalue weighted by Gasteiger charge is 2.17. The second-order valence-electron chi connectivity index (χ2n) is 4.32. The van der Waals surface area contributed by atoms with Crippen LogP contribution in [-0.4, -0.2) is 40.9 Å². The molecule has 6 nitrogen and oxygen atoms in total. The van der Waals surface area contributed by atoms with Gasteiger partial charge in [0.2, 0.25) is 5.82 Å². The molecule has 1 heterocycles. The first kappa shape index (κ1) is 15.5. The number of carbonyl (C=O) groups is 1. The molecule has 0 saturated heterocycles. The summed E-state index contributed by atoms with van der Waals surface area (Å²) in [5.41, 5.74) is 0.708. The molecule has 0 radical (unpaired) electrons. The number of nitrogens with one attached hydrogen (secondary N) is 1. The van der Waals surface area contributed by atoms with Gasteiger partial charge in [0.1, 0.15) is 5.82 Å². The zero-order valence-electron chi connectivity index (χ0n) is 12.0. The SMILES string of the molecule is CCc1nc(C(=O)NCCOC)nn1-c1ccccc1Cl. The number of ether oxygens (including phenoxy) is 1. The van der Waals surface area contributed by atoms with Crippen LogP contribution in [0, 0.1) is 0 Å². The lowest BCUT2D eigenvalue weighted by Crippen LogP contribution is -2.28. The molecule has 0 fully saturated rings. The van der Waals surface area contributed by atoms with Gasteiger partial charge in [-0.3, -0.25) is 4.79 Å². The summed E-state index contributed by atoms with van der Waals surface area (Å²) in [4.78, 5) is 16.2. The molecule has 0 unspecified atom stereocenters. The molecule has 112 valence electrons. The van der Waals surface area contributed by atoms with Gasteiger partial charge in [-0.15, -0.1) is 5.10 Å². The Kier molecular flexibility index (Phi) is 5.30. The van der Waals surface area contributed by atoms with Crippen molar-refractivity contribution in [2.24, 2.45) is 0 Å². The van der Waals surface area contributed by atoms with Crippen LogP contribution in [0.4, 0.5) is 0 Å². The maximum Gasteiger partial charge on any atom is 0.291 e. The van der Waals surface area contributed by atoms with Gasteiger partial charge in [-0.25, -0.2) is 9.67 Å². The zero-order valence-corrected chi connectivity index (χ0v) is 12.7. The summed E-state index contributed by atoms with van der Waals surface area (Å²) < 4.78 is 6.49. The van der Waals surface area contributed by atoms with Gasteiger partial charge in [-0.05, 0) is 12.1 Å². The second-order valence-corrected chi connectivity index (χ2v) is 4.72. The minimum Gasteiger partial charge on any atom is -0.383 e. The van der Waals surface area contributed by atoms with Crippen molar-refractivity contribution in [3.8, 4) is 5.69 Å². The summed E-state index contributed by atoms with van der Waals surface area (Å²) in [6.07, 6.45) is 0.642. The van der Waals surface area contributed by atoms with E-state index in [-0.39, 0.29) is 11.7 Å². The third-order valence-corrected chi connectivity index (χ3v) is 3.19. The van der Waals surface area contributed by atoms with Gasteiger partial charge in [-0.1, -0.05) is 30.7 Å². The highest BCUT2D eigenvalue weighted by atomic mass is 35.5. The van der Waals surface area contributed by atoms with Gasteiger partial charge in [0.15, 0.2) is 0 Å². The van der Waals surface area contributed by atoms with E-state index in [0.717, 1.165) is 0 Å². The standard InChI is InChI=1S/C14H17ClN4O2/c1-3-12-17-13(14(20)16-8-9-21-2)18-19(12)11-7-5-4-6-10(11)15/h4-7H,3,8-9H2,1-2H3,(H,16,20). The van der Waals surface area contributed by atoms with E-state index < -0.39 is 0 Å². The van der Waals surface area contributed by atoms with E-state index in [1.54, 1.807) is 17.9 Å². The molecule has 0 saturated carbocycles. The minimum atomic E-state index is -0.326. The fourth-order valence-electron chi connectivity index (χ4n) is 1.83. The summed E-state index contributed by atoms with van der Waals surface area (Å²) >= 11 is 6.17. The first-order chi connectivity index (χ1) is 10.2. The van der Waals surface area contributed by atoms with E-state index >= 15 is 0 Å². The number of para-hydroxylation sites is 1. The molecule has 1 amide bonds. The number of rotatable bonds is 6. The Labute approximate surface area is 128 Å². The molecule has 0 aliphatic carbocycles. The van der Waals surface area contributed by atoms with Crippen LogP contribution >= 0.6 is 11.6 Å². The highest BCUT2D eigenvalue weighted by molar-refractivity contribution is 6.32. The van der Waals surface area contributed by atoms with E-state index in [1.807, 2.05) is 25.1 Å². The summed E-state index contributed by atoms with van der Waals surface area (Å²) in [6, 6.07) is 7.31. The Balaban J connectivity index is 2.28. The van der Waals surface area contributed by atoms with Gasteiger partial charge < -0.3 is 10.1 Å². The Hall–Kier alpha value is -1.92. The Morgan fingerprint density at radius 1 is 1.43 bits per heavy atom. The summed E-state index contributed by atoms with van der Waals surface area (Å²) in [6.45, 7) is 2.80. The van der Waals surface area contributed by atoms with Crippen LogP contribution in [0.5, 0.6) is 0 Å². The number of benzene rings is 1. The lowest BCUT2D eigenvalue weighted by Gasteiger charge is -2.05. The van der Waals surface area contributed by atoms with Crippen LogP contribution in [0.2, 0.25) is 5.02 Å². The van der Waals surface area contributed by atoms with Crippen LogP contribution in [0.25, 0.3) is 5.69 Å². The number of hydrogen-bond donors (Lipinski definition) is 1. The molecule has 1 aromatic carbocycles. The second kappa shape index (κ2) is 7.19. The summed E-state index contributed by atoms with van der Waals surface area (Å²) in [5, 5.41) is 7.51. The lowest BCUT2D eigenvalue weighted by molar-refractivity contribution is 0.0927. The maximum absolute atomic E-state index is 12.0. The van der Waals surface area contributed by atoms with E-state index in [2.05, 4.69) is 15.4 Å². The smallest absolute Gasteiger partial charge is 0.291 e. The third kappa shape index (κ3) is 3.59. The number of aromatic nitrogens is 3.